The molecule has 9 heteroatoms. The van der Waals surface area contributed by atoms with Crippen molar-refractivity contribution in [3.63, 3.8) is 0 Å². The summed E-state index contributed by atoms with van der Waals surface area (Å²) in [7, 11) is -4.57. The summed E-state index contributed by atoms with van der Waals surface area (Å²) >= 11 is 0. The summed E-state index contributed by atoms with van der Waals surface area (Å²) in [4.78, 5) is 24.8. The summed E-state index contributed by atoms with van der Waals surface area (Å²) in [6.07, 6.45) is 16.3. The highest BCUT2D eigenvalue weighted by atomic mass is 32.2. The molecule has 1 aromatic rings. The van der Waals surface area contributed by atoms with Gasteiger partial charge in [-0.15, -0.1) is 0 Å². The van der Waals surface area contributed by atoms with Crippen molar-refractivity contribution >= 4 is 33.5 Å². The molecule has 2 amide bonds. The number of para-hydroxylation sites is 1. The van der Waals surface area contributed by atoms with Gasteiger partial charge in [-0.3, -0.25) is 14.1 Å². The van der Waals surface area contributed by atoms with Crippen LogP contribution in [-0.4, -0.2) is 35.9 Å². The predicted octanol–water partition coefficient (Wildman–Crippen LogP) is 5.98. The molecule has 8 nitrogen and oxygen atoms in total. The van der Waals surface area contributed by atoms with E-state index in [1.54, 1.807) is 24.3 Å². The molecule has 0 bridgehead atoms. The highest BCUT2D eigenvalue weighted by molar-refractivity contribution is 7.87. The van der Waals surface area contributed by atoms with Gasteiger partial charge in [0.05, 0.1) is 12.1 Å². The van der Waals surface area contributed by atoms with Crippen molar-refractivity contribution in [3.8, 4) is 0 Å². The molecular weight excluding hydrogens is 478 g/mol. The molecule has 1 unspecified atom stereocenters. The third kappa shape index (κ3) is 11.2. The predicted molar refractivity (Wildman–Crippen MR) is 144 cm³/mol. The van der Waals surface area contributed by atoms with Crippen LogP contribution in [0.4, 0.5) is 5.69 Å². The van der Waals surface area contributed by atoms with Crippen molar-refractivity contribution in [2.45, 2.75) is 115 Å². The molecule has 0 saturated heterocycles. The highest BCUT2D eigenvalue weighted by Crippen LogP contribution is 2.20. The molecule has 0 aromatic heterocycles. The van der Waals surface area contributed by atoms with Gasteiger partial charge in [0, 0.05) is 0 Å². The second-order valence-electron chi connectivity index (χ2n) is 9.64. The lowest BCUT2D eigenvalue weighted by molar-refractivity contribution is -0.119. The molecule has 0 saturated carbocycles. The number of unbranched alkanes of at least 4 members (excludes halogenated alkanes) is 13. The Labute approximate surface area is 216 Å². The normalized spacial score (nSPS) is 14.7. The molecule has 0 radical (unpaired) electrons. The van der Waals surface area contributed by atoms with Crippen LogP contribution in [-0.2, 0) is 19.7 Å². The molecule has 202 valence electrons. The molecule has 1 aliphatic heterocycles. The van der Waals surface area contributed by atoms with Gasteiger partial charge in [0.15, 0.2) is 5.25 Å². The highest BCUT2D eigenvalue weighted by Gasteiger charge is 2.33. The van der Waals surface area contributed by atoms with Gasteiger partial charge in [-0.1, -0.05) is 115 Å². The fraction of sp³-hybridized carbons (Fsp3) is 0.667. The first kappa shape index (κ1) is 30.0. The molecule has 1 aromatic carbocycles. The lowest BCUT2D eigenvalue weighted by Gasteiger charge is -2.13. The Morgan fingerprint density at radius 1 is 0.917 bits per heavy atom. The van der Waals surface area contributed by atoms with Gasteiger partial charge in [-0.05, 0) is 18.6 Å². The van der Waals surface area contributed by atoms with E-state index < -0.39 is 21.3 Å². The van der Waals surface area contributed by atoms with E-state index in [0.717, 1.165) is 19.3 Å². The van der Waals surface area contributed by atoms with Gasteiger partial charge < -0.3 is 5.32 Å². The zero-order valence-corrected chi connectivity index (χ0v) is 22.5. The van der Waals surface area contributed by atoms with Crippen molar-refractivity contribution in [3.05, 3.63) is 30.3 Å². The standard InChI is InChI=1S/C27H43N3O5S/c1-2-3-4-5-6-7-8-9-10-11-12-13-14-18-21-24(36(33,34)35)27(32)28-25-22-26(31)30(29-25)23-19-16-15-17-20-23/h15-17,19-20,24H,2-14,18,21-22H2,1H3,(H,28,29,32)(H,33,34,35). The summed E-state index contributed by atoms with van der Waals surface area (Å²) in [5.41, 5.74) is 0.556. The van der Waals surface area contributed by atoms with Crippen molar-refractivity contribution in [1.82, 2.24) is 5.32 Å². The quantitative estimate of drug-likeness (QED) is 0.182. The monoisotopic (exact) mass is 521 g/mol. The average Bonchev–Trinajstić information content (AvgIpc) is 3.21. The Hall–Kier alpha value is -2.26. The molecular formula is C27H43N3O5S. The van der Waals surface area contributed by atoms with Crippen LogP contribution in [0.5, 0.6) is 0 Å². The zero-order valence-electron chi connectivity index (χ0n) is 21.7. The fourth-order valence-corrected chi connectivity index (χ4v) is 5.23. The Balaban J connectivity index is 1.64. The van der Waals surface area contributed by atoms with E-state index in [-0.39, 0.29) is 24.6 Å². The van der Waals surface area contributed by atoms with Crippen LogP contribution >= 0.6 is 0 Å². The van der Waals surface area contributed by atoms with Crippen LogP contribution in [0.25, 0.3) is 0 Å². The summed E-state index contributed by atoms with van der Waals surface area (Å²) in [5, 5.41) is 6.14. The third-order valence-electron chi connectivity index (χ3n) is 6.52. The molecule has 2 N–H and O–H groups in total. The second-order valence-corrected chi connectivity index (χ2v) is 11.2. The fourth-order valence-electron chi connectivity index (χ4n) is 4.43. The van der Waals surface area contributed by atoms with E-state index in [1.807, 2.05) is 6.07 Å². The van der Waals surface area contributed by atoms with Crippen molar-refractivity contribution in [1.29, 1.82) is 0 Å². The molecule has 36 heavy (non-hydrogen) atoms. The van der Waals surface area contributed by atoms with Gasteiger partial charge >= 0.3 is 0 Å². The summed E-state index contributed by atoms with van der Waals surface area (Å²) < 4.78 is 33.3. The number of amides is 2. The maximum atomic E-state index is 12.6. The van der Waals surface area contributed by atoms with Crippen LogP contribution in [0.1, 0.15) is 110 Å². The number of hydrogen-bond donors (Lipinski definition) is 2. The SMILES string of the molecule is CCCCCCCCCCCCCCCCC(C(=O)NC1=NN(c2ccccc2)C(=O)C1)S(=O)(=O)O. The summed E-state index contributed by atoms with van der Waals surface area (Å²) in [6, 6.07) is 8.76. The minimum absolute atomic E-state index is 0.0341. The van der Waals surface area contributed by atoms with Gasteiger partial charge in [-0.2, -0.15) is 18.5 Å². The van der Waals surface area contributed by atoms with E-state index in [0.29, 0.717) is 12.1 Å². The van der Waals surface area contributed by atoms with Gasteiger partial charge in [0.25, 0.3) is 16.0 Å². The van der Waals surface area contributed by atoms with Crippen LogP contribution in [0.15, 0.2) is 35.4 Å². The molecule has 1 aliphatic rings. The van der Waals surface area contributed by atoms with Crippen molar-refractivity contribution < 1.29 is 22.6 Å². The van der Waals surface area contributed by atoms with Crippen LogP contribution in [0, 0.1) is 0 Å². The Morgan fingerprint density at radius 3 is 1.92 bits per heavy atom. The number of amidine groups is 1. The van der Waals surface area contributed by atoms with Crippen LogP contribution in [0.2, 0.25) is 0 Å². The number of hydrogen-bond acceptors (Lipinski definition) is 5. The maximum Gasteiger partial charge on any atom is 0.276 e. The Morgan fingerprint density at radius 2 is 1.42 bits per heavy atom. The van der Waals surface area contributed by atoms with E-state index >= 15 is 0 Å². The second kappa shape index (κ2) is 16.5. The number of nitrogens with one attached hydrogen (secondary N) is 1. The number of carbonyl (C=O) groups excluding carboxylic acids is 2. The summed E-state index contributed by atoms with van der Waals surface area (Å²) in [5.74, 6) is -1.11. The molecule has 0 aliphatic carbocycles. The molecule has 2 rings (SSSR count). The third-order valence-corrected chi connectivity index (χ3v) is 7.68. The molecule has 0 fully saturated rings. The first-order chi connectivity index (χ1) is 17.3. The van der Waals surface area contributed by atoms with Crippen molar-refractivity contribution in [2.75, 3.05) is 5.01 Å². The van der Waals surface area contributed by atoms with Crippen LogP contribution < -0.4 is 10.3 Å². The number of benzene rings is 1. The molecule has 1 atom stereocenters. The first-order valence-corrected chi connectivity index (χ1v) is 15.1. The van der Waals surface area contributed by atoms with Crippen LogP contribution in [0.3, 0.4) is 0 Å². The number of carbonyl (C=O) groups is 2. The number of anilines is 1. The van der Waals surface area contributed by atoms with E-state index in [4.69, 9.17) is 0 Å². The number of nitrogens with zero attached hydrogens (tertiary/aromatic N) is 2. The lowest BCUT2D eigenvalue weighted by atomic mass is 10.0. The van der Waals surface area contributed by atoms with E-state index in [9.17, 15) is 22.6 Å². The van der Waals surface area contributed by atoms with Crippen molar-refractivity contribution in [2.24, 2.45) is 5.10 Å². The smallest absolute Gasteiger partial charge is 0.276 e. The van der Waals surface area contributed by atoms with E-state index in [1.165, 1.54) is 69.2 Å². The Kier molecular flexibility index (Phi) is 13.7. The molecule has 0 spiro atoms. The van der Waals surface area contributed by atoms with E-state index in [2.05, 4.69) is 17.3 Å². The lowest BCUT2D eigenvalue weighted by Crippen LogP contribution is -2.42. The maximum absolute atomic E-state index is 12.6. The Bertz CT molecular complexity index is 934. The first-order valence-electron chi connectivity index (χ1n) is 13.6. The zero-order chi connectivity index (χ0) is 26.2. The minimum atomic E-state index is -4.57. The van der Waals surface area contributed by atoms with Gasteiger partial charge in [0.1, 0.15) is 5.84 Å². The molecule has 1 heterocycles. The average molecular weight is 522 g/mol. The minimum Gasteiger partial charge on any atom is -0.311 e. The van der Waals surface area contributed by atoms with Gasteiger partial charge in [-0.25, -0.2) is 0 Å². The summed E-state index contributed by atoms with van der Waals surface area (Å²) in [6.45, 7) is 2.24. The topological polar surface area (TPSA) is 116 Å². The largest absolute Gasteiger partial charge is 0.311 e. The number of hydrazone groups is 1. The van der Waals surface area contributed by atoms with Gasteiger partial charge in [0.2, 0.25) is 5.91 Å². The number of rotatable bonds is 18.